The average Bonchev–Trinajstić information content (AvgIpc) is 3.66. The van der Waals surface area contributed by atoms with E-state index >= 15 is 0 Å². The first-order valence-corrected chi connectivity index (χ1v) is 20.0. The third-order valence-corrected chi connectivity index (χ3v) is 12.5. The number of fused-ring (bicyclic) bond motifs is 11. The molecule has 0 unspecified atom stereocenters. The Bertz CT molecular complexity index is 3330. The summed E-state index contributed by atoms with van der Waals surface area (Å²) in [4.78, 5) is 0. The van der Waals surface area contributed by atoms with Crippen LogP contribution in [0.25, 0.3) is 109 Å². The highest BCUT2D eigenvalue weighted by molar-refractivity contribution is 6.28. The Hall–Kier alpha value is -7.28. The van der Waals surface area contributed by atoms with Crippen molar-refractivity contribution in [1.82, 2.24) is 0 Å². The van der Waals surface area contributed by atoms with Crippen molar-refractivity contribution in [3.05, 3.63) is 217 Å². The summed E-state index contributed by atoms with van der Waals surface area (Å²) in [7, 11) is 0. The maximum atomic E-state index is 2.45. The largest absolute Gasteiger partial charge is 0.0622 e. The molecule has 0 aromatic heterocycles. The van der Waals surface area contributed by atoms with E-state index in [0.29, 0.717) is 0 Å². The molecule has 1 aliphatic carbocycles. The second-order valence-electron chi connectivity index (χ2n) is 15.5. The van der Waals surface area contributed by atoms with Crippen molar-refractivity contribution in [1.29, 1.82) is 0 Å². The predicted molar refractivity (Wildman–Crippen MR) is 244 cm³/mol. The quantitative estimate of drug-likeness (QED) is 0.125. The standard InChI is InChI=1S/C57H36/c1-2-15-36(16-3-1)42-27-14-28-43(39-30-29-38-33-37-17-4-5-18-41(37)53(38)34-39)56(42)57-51-25-12-10-23-49(51)55(50-24-11-13-26-52(50)57)40-31-32-48-46-21-7-6-19-44(46)45-20-8-9-22-47(45)54(48)35-40/h1-32,34-35H,33H2. The lowest BCUT2D eigenvalue weighted by atomic mass is 9.80. The molecule has 264 valence electrons. The highest BCUT2D eigenvalue weighted by Gasteiger charge is 2.24. The Balaban J connectivity index is 1.17. The molecule has 12 rings (SSSR count). The first-order chi connectivity index (χ1) is 28.3. The third-order valence-electron chi connectivity index (χ3n) is 12.5. The lowest BCUT2D eigenvalue weighted by molar-refractivity contribution is 1.26. The normalized spacial score (nSPS) is 12.1. The van der Waals surface area contributed by atoms with Crippen LogP contribution in [0.3, 0.4) is 0 Å². The van der Waals surface area contributed by atoms with Gasteiger partial charge < -0.3 is 0 Å². The van der Waals surface area contributed by atoms with Crippen molar-refractivity contribution in [2.75, 3.05) is 0 Å². The lowest BCUT2D eigenvalue weighted by Gasteiger charge is -2.23. The van der Waals surface area contributed by atoms with E-state index in [-0.39, 0.29) is 0 Å². The number of hydrogen-bond acceptors (Lipinski definition) is 0. The minimum atomic E-state index is 0.986. The van der Waals surface area contributed by atoms with E-state index in [4.69, 9.17) is 0 Å². The van der Waals surface area contributed by atoms with Crippen LogP contribution in [-0.4, -0.2) is 0 Å². The maximum absolute atomic E-state index is 2.45. The summed E-state index contributed by atoms with van der Waals surface area (Å²) in [5, 5.41) is 12.8. The van der Waals surface area contributed by atoms with Gasteiger partial charge in [-0.15, -0.1) is 0 Å². The van der Waals surface area contributed by atoms with Crippen LogP contribution in [0.5, 0.6) is 0 Å². The monoisotopic (exact) mass is 720 g/mol. The Morgan fingerprint density at radius 2 is 0.667 bits per heavy atom. The first kappa shape index (κ1) is 32.0. The van der Waals surface area contributed by atoms with Crippen LogP contribution >= 0.6 is 0 Å². The molecule has 0 heteroatoms. The topological polar surface area (TPSA) is 0 Å². The van der Waals surface area contributed by atoms with E-state index in [9.17, 15) is 0 Å². The van der Waals surface area contributed by atoms with Crippen LogP contribution in [-0.2, 0) is 6.42 Å². The Kier molecular flexibility index (Phi) is 7.09. The fraction of sp³-hybridized carbons (Fsp3) is 0.0175. The molecule has 0 amide bonds. The molecule has 0 N–H and O–H groups in total. The molecule has 0 bridgehead atoms. The number of benzene rings is 11. The van der Waals surface area contributed by atoms with E-state index < -0.39 is 0 Å². The SMILES string of the molecule is c1ccc(-c2cccc(-c3ccc4c(c3)-c3ccccc3C4)c2-c2c3ccccc3c(-c3ccc4c5ccccc5c5ccccc5c4c3)c3ccccc23)cc1. The number of hydrogen-bond donors (Lipinski definition) is 0. The van der Waals surface area contributed by atoms with Crippen molar-refractivity contribution in [3.63, 3.8) is 0 Å². The summed E-state index contributed by atoms with van der Waals surface area (Å²) in [6.45, 7) is 0. The summed E-state index contributed by atoms with van der Waals surface area (Å²) < 4.78 is 0. The molecule has 11 aromatic carbocycles. The van der Waals surface area contributed by atoms with Crippen molar-refractivity contribution >= 4 is 53.9 Å². The Morgan fingerprint density at radius 1 is 0.211 bits per heavy atom. The molecule has 0 fully saturated rings. The van der Waals surface area contributed by atoms with Crippen LogP contribution in [0.1, 0.15) is 11.1 Å². The van der Waals surface area contributed by atoms with Gasteiger partial charge in [0.05, 0.1) is 0 Å². The fourth-order valence-electron chi connectivity index (χ4n) is 9.98. The number of rotatable bonds is 4. The van der Waals surface area contributed by atoms with E-state index in [1.54, 1.807) is 0 Å². The van der Waals surface area contributed by atoms with Gasteiger partial charge in [-0.25, -0.2) is 0 Å². The summed E-state index contributed by atoms with van der Waals surface area (Å²) in [6, 6.07) is 76.9. The van der Waals surface area contributed by atoms with Gasteiger partial charge in [-0.2, -0.15) is 0 Å². The molecular weight excluding hydrogens is 685 g/mol. The minimum absolute atomic E-state index is 0.986. The van der Waals surface area contributed by atoms with E-state index in [0.717, 1.165) is 6.42 Å². The van der Waals surface area contributed by atoms with Gasteiger partial charge in [0.25, 0.3) is 0 Å². The zero-order chi connectivity index (χ0) is 37.5. The fourth-order valence-corrected chi connectivity index (χ4v) is 9.98. The van der Waals surface area contributed by atoms with Gasteiger partial charge in [0.2, 0.25) is 0 Å². The van der Waals surface area contributed by atoms with Crippen LogP contribution < -0.4 is 0 Å². The molecule has 11 aromatic rings. The van der Waals surface area contributed by atoms with Gasteiger partial charge in [-0.05, 0) is 139 Å². The van der Waals surface area contributed by atoms with Crippen LogP contribution in [0, 0.1) is 0 Å². The van der Waals surface area contributed by atoms with Crippen molar-refractivity contribution in [2.24, 2.45) is 0 Å². The first-order valence-electron chi connectivity index (χ1n) is 20.0. The third kappa shape index (κ3) is 4.87. The van der Waals surface area contributed by atoms with Crippen LogP contribution in [0.15, 0.2) is 206 Å². The summed E-state index contributed by atoms with van der Waals surface area (Å²) in [5.41, 5.74) is 15.5. The molecule has 0 heterocycles. The van der Waals surface area contributed by atoms with E-state index in [1.165, 1.54) is 121 Å². The van der Waals surface area contributed by atoms with Gasteiger partial charge >= 0.3 is 0 Å². The Labute approximate surface area is 331 Å². The highest BCUT2D eigenvalue weighted by atomic mass is 14.3. The van der Waals surface area contributed by atoms with Gasteiger partial charge in [-0.1, -0.05) is 194 Å². The van der Waals surface area contributed by atoms with Crippen molar-refractivity contribution < 1.29 is 0 Å². The molecule has 0 saturated carbocycles. The molecule has 57 heavy (non-hydrogen) atoms. The zero-order valence-electron chi connectivity index (χ0n) is 31.3. The second kappa shape index (κ2) is 12.6. The maximum Gasteiger partial charge on any atom is -0.00134 e. The van der Waals surface area contributed by atoms with Crippen molar-refractivity contribution in [2.45, 2.75) is 6.42 Å². The molecule has 0 radical (unpaired) electrons. The summed E-state index contributed by atoms with van der Waals surface area (Å²) >= 11 is 0. The molecule has 0 saturated heterocycles. The molecule has 0 atom stereocenters. The second-order valence-corrected chi connectivity index (χ2v) is 15.5. The summed E-state index contributed by atoms with van der Waals surface area (Å²) in [6.07, 6.45) is 0.986. The molecule has 0 spiro atoms. The van der Waals surface area contributed by atoms with Gasteiger partial charge in [-0.3, -0.25) is 0 Å². The predicted octanol–water partition coefficient (Wildman–Crippen LogP) is 15.7. The van der Waals surface area contributed by atoms with Gasteiger partial charge in [0, 0.05) is 0 Å². The lowest BCUT2D eigenvalue weighted by Crippen LogP contribution is -1.96. The van der Waals surface area contributed by atoms with Gasteiger partial charge in [0.1, 0.15) is 0 Å². The van der Waals surface area contributed by atoms with E-state index in [2.05, 4.69) is 206 Å². The molecule has 1 aliphatic rings. The smallest absolute Gasteiger partial charge is 0.00134 e. The minimum Gasteiger partial charge on any atom is -0.0622 e. The highest BCUT2D eigenvalue weighted by Crippen LogP contribution is 2.50. The summed E-state index contributed by atoms with van der Waals surface area (Å²) in [5.74, 6) is 0. The van der Waals surface area contributed by atoms with Crippen LogP contribution in [0.4, 0.5) is 0 Å². The van der Waals surface area contributed by atoms with E-state index in [1.807, 2.05) is 0 Å². The zero-order valence-corrected chi connectivity index (χ0v) is 31.3. The molecular formula is C57H36. The van der Waals surface area contributed by atoms with Gasteiger partial charge in [0.15, 0.2) is 0 Å². The van der Waals surface area contributed by atoms with Crippen LogP contribution in [0.2, 0.25) is 0 Å². The Morgan fingerprint density at radius 3 is 1.32 bits per heavy atom. The molecule has 0 aliphatic heterocycles. The molecule has 0 nitrogen and oxygen atoms in total. The average molecular weight is 721 g/mol. The van der Waals surface area contributed by atoms with Crippen molar-refractivity contribution in [3.8, 4) is 55.6 Å².